The largest absolute Gasteiger partial charge is 0.256 e. The lowest BCUT2D eigenvalue weighted by molar-refractivity contribution is 1.41. The maximum Gasteiger partial charge on any atom is 0.0701 e. The Kier molecular flexibility index (Phi) is 5.55. The third-order valence-corrected chi connectivity index (χ3v) is 4.61. The van der Waals surface area contributed by atoms with Crippen molar-refractivity contribution < 1.29 is 0 Å². The highest BCUT2D eigenvalue weighted by Gasteiger charge is 2.05. The van der Waals surface area contributed by atoms with E-state index >= 15 is 0 Å². The maximum absolute atomic E-state index is 4.18. The molecule has 0 saturated carbocycles. The monoisotopic (exact) mass is 359 g/mol. The highest BCUT2D eigenvalue weighted by molar-refractivity contribution is 5.83. The molecule has 1 nitrogen and oxygen atoms in total. The van der Waals surface area contributed by atoms with Crippen LogP contribution in [0.15, 0.2) is 128 Å². The van der Waals surface area contributed by atoms with Crippen LogP contribution in [0.3, 0.4) is 0 Å². The Morgan fingerprint density at radius 1 is 0.393 bits per heavy atom. The van der Waals surface area contributed by atoms with Crippen LogP contribution in [0.5, 0.6) is 0 Å². The van der Waals surface area contributed by atoms with Crippen molar-refractivity contribution in [3.05, 3.63) is 128 Å². The molecule has 0 aliphatic heterocycles. The first-order valence-corrected chi connectivity index (χ1v) is 9.41. The van der Waals surface area contributed by atoms with Crippen LogP contribution in [-0.4, -0.2) is 4.98 Å². The predicted molar refractivity (Wildman–Crippen MR) is 119 cm³/mol. The fourth-order valence-corrected chi connectivity index (χ4v) is 3.24. The lowest BCUT2D eigenvalue weighted by atomic mass is 9.95. The summed E-state index contributed by atoms with van der Waals surface area (Å²) < 4.78 is 0. The first-order chi connectivity index (χ1) is 13.9. The third-order valence-electron chi connectivity index (χ3n) is 4.61. The Balaban J connectivity index is 0.000000162. The topological polar surface area (TPSA) is 12.9 Å². The molecule has 28 heavy (non-hydrogen) atoms. The zero-order valence-corrected chi connectivity index (χ0v) is 15.6. The van der Waals surface area contributed by atoms with Crippen LogP contribution in [0.4, 0.5) is 0 Å². The van der Waals surface area contributed by atoms with E-state index < -0.39 is 0 Å². The van der Waals surface area contributed by atoms with E-state index in [1.807, 2.05) is 30.5 Å². The van der Waals surface area contributed by atoms with Gasteiger partial charge < -0.3 is 0 Å². The van der Waals surface area contributed by atoms with Crippen molar-refractivity contribution in [2.45, 2.75) is 0 Å². The second-order valence-corrected chi connectivity index (χ2v) is 6.47. The molecule has 1 heterocycles. The SMILES string of the molecule is c1ccc(-c2ccccc2-c2ccccc2)cc1.c1ccc2ncccc2c1. The van der Waals surface area contributed by atoms with Crippen molar-refractivity contribution >= 4 is 10.9 Å². The van der Waals surface area contributed by atoms with Crippen LogP contribution in [0.25, 0.3) is 33.2 Å². The van der Waals surface area contributed by atoms with Crippen LogP contribution in [0.1, 0.15) is 0 Å². The van der Waals surface area contributed by atoms with Gasteiger partial charge in [-0.05, 0) is 34.4 Å². The molecule has 5 aromatic rings. The van der Waals surface area contributed by atoms with Gasteiger partial charge in [-0.3, -0.25) is 4.98 Å². The number of fused-ring (bicyclic) bond motifs is 1. The zero-order valence-electron chi connectivity index (χ0n) is 15.6. The molecule has 0 amide bonds. The molecule has 1 heteroatoms. The minimum absolute atomic E-state index is 1.06. The fourth-order valence-electron chi connectivity index (χ4n) is 3.24. The van der Waals surface area contributed by atoms with Gasteiger partial charge >= 0.3 is 0 Å². The number of hydrogen-bond donors (Lipinski definition) is 0. The summed E-state index contributed by atoms with van der Waals surface area (Å²) >= 11 is 0. The van der Waals surface area contributed by atoms with E-state index in [0.717, 1.165) is 5.52 Å². The number of hydrogen-bond acceptors (Lipinski definition) is 1. The summed E-state index contributed by atoms with van der Waals surface area (Å²) in [6.07, 6.45) is 1.81. The standard InChI is InChI=1S/C18H14.C9H7N/c1-3-9-15(10-4-1)17-13-7-8-14-18(17)16-11-5-2-6-12-16;1-2-6-9-8(4-1)5-3-7-10-9/h1-14H;1-7H. The first-order valence-electron chi connectivity index (χ1n) is 9.41. The molecule has 0 bridgehead atoms. The Morgan fingerprint density at radius 3 is 1.43 bits per heavy atom. The Bertz CT molecular complexity index is 1020. The van der Waals surface area contributed by atoms with E-state index in [4.69, 9.17) is 0 Å². The molecular weight excluding hydrogens is 338 g/mol. The molecule has 0 N–H and O–H groups in total. The van der Waals surface area contributed by atoms with Crippen LogP contribution in [-0.2, 0) is 0 Å². The molecule has 0 spiro atoms. The average molecular weight is 359 g/mol. The van der Waals surface area contributed by atoms with Crippen molar-refractivity contribution in [3.63, 3.8) is 0 Å². The molecule has 134 valence electrons. The van der Waals surface area contributed by atoms with E-state index in [9.17, 15) is 0 Å². The number of benzene rings is 4. The van der Waals surface area contributed by atoms with E-state index in [-0.39, 0.29) is 0 Å². The normalized spacial score (nSPS) is 10.1. The van der Waals surface area contributed by atoms with Gasteiger partial charge in [-0.15, -0.1) is 0 Å². The van der Waals surface area contributed by atoms with Gasteiger partial charge in [0.15, 0.2) is 0 Å². The summed E-state index contributed by atoms with van der Waals surface area (Å²) in [5.74, 6) is 0. The summed E-state index contributed by atoms with van der Waals surface area (Å²) in [7, 11) is 0. The maximum atomic E-state index is 4.18. The summed E-state index contributed by atoms with van der Waals surface area (Å²) in [5.41, 5.74) is 6.15. The van der Waals surface area contributed by atoms with Crippen molar-refractivity contribution in [2.75, 3.05) is 0 Å². The molecule has 0 aliphatic rings. The van der Waals surface area contributed by atoms with Crippen molar-refractivity contribution in [1.82, 2.24) is 4.98 Å². The fraction of sp³-hybridized carbons (Fsp3) is 0. The van der Waals surface area contributed by atoms with E-state index in [0.29, 0.717) is 0 Å². The number of aromatic nitrogens is 1. The first kappa shape index (κ1) is 17.7. The van der Waals surface area contributed by atoms with Gasteiger partial charge in [0.2, 0.25) is 0 Å². The van der Waals surface area contributed by atoms with Gasteiger partial charge in [0, 0.05) is 11.6 Å². The second kappa shape index (κ2) is 8.79. The van der Waals surface area contributed by atoms with Crippen LogP contribution in [0, 0.1) is 0 Å². The molecular formula is C27H21N. The Hall–Kier alpha value is -3.71. The molecule has 0 aliphatic carbocycles. The number of pyridine rings is 1. The molecule has 0 saturated heterocycles. The minimum Gasteiger partial charge on any atom is -0.256 e. The third kappa shape index (κ3) is 4.16. The van der Waals surface area contributed by atoms with Crippen LogP contribution < -0.4 is 0 Å². The molecule has 1 aromatic heterocycles. The lowest BCUT2D eigenvalue weighted by Gasteiger charge is -2.09. The highest BCUT2D eigenvalue weighted by atomic mass is 14.6. The Labute approximate surface area is 166 Å². The summed E-state index contributed by atoms with van der Waals surface area (Å²) in [6.45, 7) is 0. The smallest absolute Gasteiger partial charge is 0.0701 e. The van der Waals surface area contributed by atoms with Gasteiger partial charge in [0.25, 0.3) is 0 Å². The Morgan fingerprint density at radius 2 is 0.857 bits per heavy atom. The molecule has 4 aromatic carbocycles. The summed E-state index contributed by atoms with van der Waals surface area (Å²) in [5, 5.41) is 1.20. The highest BCUT2D eigenvalue weighted by Crippen LogP contribution is 2.31. The van der Waals surface area contributed by atoms with Crippen molar-refractivity contribution in [3.8, 4) is 22.3 Å². The quantitative estimate of drug-likeness (QED) is 0.323. The van der Waals surface area contributed by atoms with Crippen LogP contribution >= 0.6 is 0 Å². The number of para-hydroxylation sites is 1. The molecule has 0 atom stereocenters. The number of nitrogens with zero attached hydrogens (tertiary/aromatic N) is 1. The zero-order chi connectivity index (χ0) is 19.0. The van der Waals surface area contributed by atoms with Gasteiger partial charge in [-0.25, -0.2) is 0 Å². The van der Waals surface area contributed by atoms with Gasteiger partial charge in [0.1, 0.15) is 0 Å². The lowest BCUT2D eigenvalue weighted by Crippen LogP contribution is -1.83. The van der Waals surface area contributed by atoms with Gasteiger partial charge in [0.05, 0.1) is 5.52 Å². The van der Waals surface area contributed by atoms with Gasteiger partial charge in [-0.1, -0.05) is 109 Å². The van der Waals surface area contributed by atoms with E-state index in [2.05, 4.69) is 102 Å². The minimum atomic E-state index is 1.06. The van der Waals surface area contributed by atoms with E-state index in [1.54, 1.807) is 0 Å². The molecule has 0 unspecified atom stereocenters. The van der Waals surface area contributed by atoms with Crippen molar-refractivity contribution in [2.24, 2.45) is 0 Å². The molecule has 0 radical (unpaired) electrons. The van der Waals surface area contributed by atoms with Crippen molar-refractivity contribution in [1.29, 1.82) is 0 Å². The van der Waals surface area contributed by atoms with E-state index in [1.165, 1.54) is 27.6 Å². The predicted octanol–water partition coefficient (Wildman–Crippen LogP) is 7.26. The average Bonchev–Trinajstić information content (AvgIpc) is 2.81. The number of rotatable bonds is 2. The molecule has 5 rings (SSSR count). The van der Waals surface area contributed by atoms with Gasteiger partial charge in [-0.2, -0.15) is 0 Å². The molecule has 0 fully saturated rings. The summed E-state index contributed by atoms with van der Waals surface area (Å²) in [6, 6.07) is 41.7. The second-order valence-electron chi connectivity index (χ2n) is 6.47. The van der Waals surface area contributed by atoms with Crippen LogP contribution in [0.2, 0.25) is 0 Å². The summed E-state index contributed by atoms with van der Waals surface area (Å²) in [4.78, 5) is 4.18.